The van der Waals surface area contributed by atoms with E-state index in [0.29, 0.717) is 17.1 Å². The number of ether oxygens (including phenoxy) is 2. The number of carbonyl (C=O) groups is 3. The summed E-state index contributed by atoms with van der Waals surface area (Å²) < 4.78 is 10.4. The van der Waals surface area contributed by atoms with Crippen molar-refractivity contribution in [3.63, 3.8) is 0 Å². The van der Waals surface area contributed by atoms with E-state index in [1.807, 2.05) is 42.5 Å². The number of hydrogen-bond donors (Lipinski definition) is 1. The van der Waals surface area contributed by atoms with Crippen molar-refractivity contribution >= 4 is 28.5 Å². The molecule has 158 valence electrons. The third-order valence-electron chi connectivity index (χ3n) is 5.61. The van der Waals surface area contributed by atoms with Gasteiger partial charge in [-0.1, -0.05) is 42.5 Å². The van der Waals surface area contributed by atoms with Gasteiger partial charge in [-0.15, -0.1) is 0 Å². The fourth-order valence-electron chi connectivity index (χ4n) is 3.94. The summed E-state index contributed by atoms with van der Waals surface area (Å²) in [6.07, 6.45) is 0. The smallest absolute Gasteiger partial charge is 0.325 e. The molecule has 1 unspecified atom stereocenters. The van der Waals surface area contributed by atoms with Crippen LogP contribution in [0.2, 0.25) is 0 Å². The molecule has 1 fully saturated rings. The van der Waals surface area contributed by atoms with Crippen molar-refractivity contribution in [3.8, 4) is 11.5 Å². The number of rotatable bonds is 6. The summed E-state index contributed by atoms with van der Waals surface area (Å²) >= 11 is 0. The number of imide groups is 1. The molecule has 0 aliphatic carbocycles. The Balaban J connectivity index is 1.65. The highest BCUT2D eigenvalue weighted by Crippen LogP contribution is 2.34. The SMILES string of the molecule is COc1ccc(C(=O)CN2C(=O)NC(C)(c3cccc4ccccc34)C2=O)c(OC)c1. The number of urea groups is 1. The van der Waals surface area contributed by atoms with Gasteiger partial charge in [0.15, 0.2) is 5.78 Å². The summed E-state index contributed by atoms with van der Waals surface area (Å²) in [5.41, 5.74) is -0.328. The van der Waals surface area contributed by atoms with Crippen LogP contribution in [0.3, 0.4) is 0 Å². The van der Waals surface area contributed by atoms with Crippen molar-refractivity contribution in [3.05, 3.63) is 71.8 Å². The minimum absolute atomic E-state index is 0.266. The zero-order chi connectivity index (χ0) is 22.2. The van der Waals surface area contributed by atoms with Crippen LogP contribution in [-0.2, 0) is 10.3 Å². The predicted molar refractivity (Wildman–Crippen MR) is 115 cm³/mol. The Bertz CT molecular complexity index is 1200. The van der Waals surface area contributed by atoms with Crippen molar-refractivity contribution in [1.29, 1.82) is 0 Å². The lowest BCUT2D eigenvalue weighted by Crippen LogP contribution is -2.41. The van der Waals surface area contributed by atoms with Crippen molar-refractivity contribution in [2.45, 2.75) is 12.5 Å². The number of hydrogen-bond acceptors (Lipinski definition) is 5. The van der Waals surface area contributed by atoms with Gasteiger partial charge >= 0.3 is 6.03 Å². The van der Waals surface area contributed by atoms with Crippen molar-refractivity contribution in [2.24, 2.45) is 0 Å². The van der Waals surface area contributed by atoms with Gasteiger partial charge in [-0.05, 0) is 35.4 Å². The summed E-state index contributed by atoms with van der Waals surface area (Å²) in [6, 6.07) is 17.4. The number of fused-ring (bicyclic) bond motifs is 1. The lowest BCUT2D eigenvalue weighted by atomic mass is 9.88. The molecule has 0 aromatic heterocycles. The molecule has 0 bridgehead atoms. The standard InChI is InChI=1S/C24H22N2O5/c1-24(19-10-6-8-15-7-4-5-9-17(15)19)22(28)26(23(29)25-24)14-20(27)18-12-11-16(30-2)13-21(18)31-3/h4-13H,14H2,1-3H3,(H,25,29). The Labute approximate surface area is 179 Å². The van der Waals surface area contributed by atoms with Gasteiger partial charge in [0.25, 0.3) is 5.91 Å². The van der Waals surface area contributed by atoms with Crippen molar-refractivity contribution < 1.29 is 23.9 Å². The Kier molecular flexibility index (Phi) is 5.10. The Morgan fingerprint density at radius 3 is 2.48 bits per heavy atom. The summed E-state index contributed by atoms with van der Waals surface area (Å²) in [7, 11) is 2.95. The van der Waals surface area contributed by atoms with E-state index in [0.717, 1.165) is 15.7 Å². The lowest BCUT2D eigenvalue weighted by molar-refractivity contribution is -0.130. The average molecular weight is 418 g/mol. The maximum Gasteiger partial charge on any atom is 0.325 e. The van der Waals surface area contributed by atoms with Crippen molar-refractivity contribution in [2.75, 3.05) is 20.8 Å². The van der Waals surface area contributed by atoms with Gasteiger partial charge < -0.3 is 14.8 Å². The van der Waals surface area contributed by atoms with E-state index in [2.05, 4.69) is 5.32 Å². The van der Waals surface area contributed by atoms with Crippen LogP contribution in [0.25, 0.3) is 10.8 Å². The fourth-order valence-corrected chi connectivity index (χ4v) is 3.94. The first-order chi connectivity index (χ1) is 14.9. The molecule has 1 saturated heterocycles. The van der Waals surface area contributed by atoms with Gasteiger partial charge in [-0.2, -0.15) is 0 Å². The van der Waals surface area contributed by atoms with Gasteiger partial charge in [0, 0.05) is 6.07 Å². The molecule has 0 saturated carbocycles. The van der Waals surface area contributed by atoms with E-state index in [9.17, 15) is 14.4 Å². The average Bonchev–Trinajstić information content (AvgIpc) is 3.01. The number of benzene rings is 3. The van der Waals surface area contributed by atoms with Crippen LogP contribution < -0.4 is 14.8 Å². The van der Waals surface area contributed by atoms with E-state index in [1.165, 1.54) is 14.2 Å². The third kappa shape index (κ3) is 3.38. The largest absolute Gasteiger partial charge is 0.497 e. The molecule has 0 spiro atoms. The van der Waals surface area contributed by atoms with E-state index in [4.69, 9.17) is 9.47 Å². The van der Waals surface area contributed by atoms with Gasteiger partial charge in [-0.25, -0.2) is 4.79 Å². The van der Waals surface area contributed by atoms with Gasteiger partial charge in [-0.3, -0.25) is 14.5 Å². The number of amides is 3. The Morgan fingerprint density at radius 2 is 1.74 bits per heavy atom. The topological polar surface area (TPSA) is 84.9 Å². The third-order valence-corrected chi connectivity index (χ3v) is 5.61. The molecule has 7 nitrogen and oxygen atoms in total. The first-order valence-corrected chi connectivity index (χ1v) is 9.76. The molecule has 1 atom stereocenters. The number of nitrogens with one attached hydrogen (secondary N) is 1. The van der Waals surface area contributed by atoms with Gasteiger partial charge in [0.1, 0.15) is 17.0 Å². The van der Waals surface area contributed by atoms with Crippen LogP contribution in [0.4, 0.5) is 4.79 Å². The molecule has 7 heteroatoms. The lowest BCUT2D eigenvalue weighted by Gasteiger charge is -2.24. The highest BCUT2D eigenvalue weighted by atomic mass is 16.5. The summed E-state index contributed by atoms with van der Waals surface area (Å²) in [4.78, 5) is 40.0. The molecule has 3 amide bonds. The van der Waals surface area contributed by atoms with Gasteiger partial charge in [0.05, 0.1) is 26.3 Å². The monoisotopic (exact) mass is 418 g/mol. The van der Waals surface area contributed by atoms with E-state index in [-0.39, 0.29) is 5.56 Å². The highest BCUT2D eigenvalue weighted by Gasteiger charge is 2.50. The second kappa shape index (κ2) is 7.75. The van der Waals surface area contributed by atoms with Crippen LogP contribution in [0.15, 0.2) is 60.7 Å². The molecule has 31 heavy (non-hydrogen) atoms. The normalized spacial score (nSPS) is 18.2. The first-order valence-electron chi connectivity index (χ1n) is 9.76. The molecule has 4 rings (SSSR count). The van der Waals surface area contributed by atoms with E-state index >= 15 is 0 Å². The molecular formula is C24H22N2O5. The molecule has 0 radical (unpaired) electrons. The van der Waals surface area contributed by atoms with Crippen molar-refractivity contribution in [1.82, 2.24) is 10.2 Å². The maximum absolute atomic E-state index is 13.3. The van der Waals surface area contributed by atoms with Crippen LogP contribution in [-0.4, -0.2) is 43.4 Å². The number of ketones is 1. The van der Waals surface area contributed by atoms with Crippen LogP contribution in [0.1, 0.15) is 22.8 Å². The second-order valence-corrected chi connectivity index (χ2v) is 7.46. The minimum Gasteiger partial charge on any atom is -0.497 e. The van der Waals surface area contributed by atoms with E-state index in [1.54, 1.807) is 25.1 Å². The number of nitrogens with zero attached hydrogens (tertiary/aromatic N) is 1. The Hall–Kier alpha value is -3.87. The van der Waals surface area contributed by atoms with E-state index < -0.39 is 29.8 Å². The quantitative estimate of drug-likeness (QED) is 0.489. The maximum atomic E-state index is 13.3. The molecular weight excluding hydrogens is 396 g/mol. The fraction of sp³-hybridized carbons (Fsp3) is 0.208. The molecule has 1 aliphatic heterocycles. The van der Waals surface area contributed by atoms with Crippen LogP contribution in [0.5, 0.6) is 11.5 Å². The van der Waals surface area contributed by atoms with Gasteiger partial charge in [0.2, 0.25) is 0 Å². The predicted octanol–water partition coefficient (Wildman–Crippen LogP) is 3.51. The number of methoxy groups -OCH3 is 2. The minimum atomic E-state index is -1.28. The number of carbonyl (C=O) groups excluding carboxylic acids is 3. The zero-order valence-electron chi connectivity index (χ0n) is 17.5. The first kappa shape index (κ1) is 20.4. The van der Waals surface area contributed by atoms with Crippen LogP contribution in [0, 0.1) is 0 Å². The Morgan fingerprint density at radius 1 is 1.00 bits per heavy atom. The molecule has 3 aromatic rings. The molecule has 1 aliphatic rings. The summed E-state index contributed by atoms with van der Waals surface area (Å²) in [5.74, 6) is -0.0417. The molecule has 1 N–H and O–H groups in total. The van der Waals surface area contributed by atoms with Crippen LogP contribution >= 0.6 is 0 Å². The molecule has 3 aromatic carbocycles. The second-order valence-electron chi connectivity index (χ2n) is 7.46. The molecule has 1 heterocycles. The summed E-state index contributed by atoms with van der Waals surface area (Å²) in [5, 5.41) is 4.60. The summed E-state index contributed by atoms with van der Waals surface area (Å²) in [6.45, 7) is 1.27. The number of Topliss-reactive ketones (excluding diaryl/α,β-unsaturated/α-hetero) is 1. The highest BCUT2D eigenvalue weighted by molar-refractivity contribution is 6.13. The zero-order valence-corrected chi connectivity index (χ0v) is 17.5.